The summed E-state index contributed by atoms with van der Waals surface area (Å²) in [5.41, 5.74) is 0.804. The minimum Gasteiger partial charge on any atom is -0.324 e. The van der Waals surface area contributed by atoms with Gasteiger partial charge in [0.1, 0.15) is 12.1 Å². The summed E-state index contributed by atoms with van der Waals surface area (Å²) in [7, 11) is 0. The molecule has 1 spiro atoms. The summed E-state index contributed by atoms with van der Waals surface area (Å²) < 4.78 is 25.4. The van der Waals surface area contributed by atoms with E-state index in [2.05, 4.69) is 10.6 Å². The summed E-state index contributed by atoms with van der Waals surface area (Å²) in [5.74, 6) is -3.75. The Kier molecular flexibility index (Phi) is 4.99. The number of carbonyl (C=O) groups is 3. The molecular weight excluding hydrogens is 400 g/mol. The second-order valence-electron chi connectivity index (χ2n) is 6.81. The van der Waals surface area contributed by atoms with Crippen LogP contribution in [0, 0.1) is 0 Å². The lowest BCUT2D eigenvalue weighted by atomic mass is 9.92. The van der Waals surface area contributed by atoms with Crippen molar-refractivity contribution >= 4 is 35.3 Å². The highest BCUT2D eigenvalue weighted by atomic mass is 32.2. The Bertz CT molecular complexity index is 1000. The van der Waals surface area contributed by atoms with Crippen LogP contribution in [0.1, 0.15) is 17.5 Å². The third-order valence-electron chi connectivity index (χ3n) is 5.10. The molecule has 0 aromatic heterocycles. The number of para-hydroxylation sites is 1. The third kappa shape index (κ3) is 3.46. The Morgan fingerprint density at radius 2 is 1.90 bits per heavy atom. The molecule has 1 heterocycles. The quantitative estimate of drug-likeness (QED) is 0.578. The second-order valence-corrected chi connectivity index (χ2v) is 7.84. The maximum Gasteiger partial charge on any atom is 0.325 e. The van der Waals surface area contributed by atoms with Crippen molar-refractivity contribution in [2.45, 2.75) is 29.0 Å². The summed E-state index contributed by atoms with van der Waals surface area (Å²) in [4.78, 5) is 39.1. The number of hydrogen-bond acceptors (Lipinski definition) is 4. The molecule has 0 radical (unpaired) electrons. The minimum absolute atomic E-state index is 0.203. The van der Waals surface area contributed by atoms with E-state index < -0.39 is 35.7 Å². The number of halogens is 2. The van der Waals surface area contributed by atoms with E-state index in [9.17, 15) is 23.2 Å². The average Bonchev–Trinajstić information content (AvgIpc) is 3.17. The van der Waals surface area contributed by atoms with Crippen LogP contribution in [0.3, 0.4) is 0 Å². The van der Waals surface area contributed by atoms with E-state index in [1.165, 1.54) is 12.1 Å². The number of hydrogen-bond donors (Lipinski definition) is 2. The highest BCUT2D eigenvalue weighted by Crippen LogP contribution is 2.41. The van der Waals surface area contributed by atoms with Crippen molar-refractivity contribution in [1.82, 2.24) is 10.2 Å². The van der Waals surface area contributed by atoms with E-state index in [1.54, 1.807) is 18.2 Å². The van der Waals surface area contributed by atoms with Gasteiger partial charge in [-0.15, -0.1) is 0 Å². The first kappa shape index (κ1) is 19.4. The number of benzene rings is 2. The molecule has 2 aromatic carbocycles. The van der Waals surface area contributed by atoms with E-state index in [4.69, 9.17) is 0 Å². The number of fused-ring (bicyclic) bond motifs is 2. The predicted octanol–water partition coefficient (Wildman–Crippen LogP) is 3.33. The van der Waals surface area contributed by atoms with Gasteiger partial charge in [-0.1, -0.05) is 48.2 Å². The van der Waals surface area contributed by atoms with Crippen LogP contribution in [-0.4, -0.2) is 35.0 Å². The molecule has 4 amide bonds. The largest absolute Gasteiger partial charge is 0.325 e. The fraction of sp³-hybridized carbons (Fsp3) is 0.250. The lowest BCUT2D eigenvalue weighted by Crippen LogP contribution is -2.43. The van der Waals surface area contributed by atoms with Crippen LogP contribution in [-0.2, 0) is 21.5 Å². The van der Waals surface area contributed by atoms with Gasteiger partial charge >= 0.3 is 6.03 Å². The van der Waals surface area contributed by atoms with Crippen LogP contribution in [0.25, 0.3) is 0 Å². The fourth-order valence-electron chi connectivity index (χ4n) is 3.84. The Balaban J connectivity index is 1.50. The summed E-state index contributed by atoms with van der Waals surface area (Å²) in [6, 6.07) is 12.9. The fourth-order valence-corrected chi connectivity index (χ4v) is 4.43. The number of aryl methyl sites for hydroxylation is 1. The van der Waals surface area contributed by atoms with E-state index >= 15 is 0 Å². The number of anilines is 1. The lowest BCUT2D eigenvalue weighted by molar-refractivity contribution is -0.134. The first-order valence-electron chi connectivity index (χ1n) is 8.97. The molecule has 0 bridgehead atoms. The van der Waals surface area contributed by atoms with Gasteiger partial charge in [-0.05, 0) is 36.1 Å². The van der Waals surface area contributed by atoms with Gasteiger partial charge in [-0.2, -0.15) is 8.78 Å². The maximum absolute atomic E-state index is 13.1. The molecule has 29 heavy (non-hydrogen) atoms. The van der Waals surface area contributed by atoms with E-state index in [0.29, 0.717) is 24.6 Å². The van der Waals surface area contributed by atoms with Gasteiger partial charge < -0.3 is 10.6 Å². The van der Waals surface area contributed by atoms with Gasteiger partial charge in [0.15, 0.2) is 0 Å². The van der Waals surface area contributed by atoms with Gasteiger partial charge in [0.05, 0.1) is 5.69 Å². The first-order valence-corrected chi connectivity index (χ1v) is 9.85. The van der Waals surface area contributed by atoms with Gasteiger partial charge in [0.2, 0.25) is 5.91 Å². The van der Waals surface area contributed by atoms with Gasteiger partial charge in [-0.3, -0.25) is 14.5 Å². The number of urea groups is 1. The number of imide groups is 1. The molecule has 9 heteroatoms. The highest BCUT2D eigenvalue weighted by molar-refractivity contribution is 7.99. The van der Waals surface area contributed by atoms with Crippen molar-refractivity contribution in [1.29, 1.82) is 0 Å². The number of alkyl halides is 2. The number of nitrogens with zero attached hydrogens (tertiary/aromatic N) is 1. The molecule has 1 saturated heterocycles. The van der Waals surface area contributed by atoms with Gasteiger partial charge in [-0.25, -0.2) is 4.79 Å². The summed E-state index contributed by atoms with van der Waals surface area (Å²) >= 11 is 0.311. The van der Waals surface area contributed by atoms with Crippen LogP contribution in [0.2, 0.25) is 0 Å². The zero-order valence-corrected chi connectivity index (χ0v) is 16.0. The Morgan fingerprint density at radius 3 is 2.69 bits per heavy atom. The zero-order chi connectivity index (χ0) is 20.6. The first-order chi connectivity index (χ1) is 13.9. The molecule has 0 saturated carbocycles. The maximum atomic E-state index is 13.1. The van der Waals surface area contributed by atoms with E-state index in [1.807, 2.05) is 18.2 Å². The molecule has 2 aromatic rings. The predicted molar refractivity (Wildman–Crippen MR) is 104 cm³/mol. The molecule has 1 aliphatic heterocycles. The molecule has 1 atom stereocenters. The normalized spacial score (nSPS) is 20.3. The van der Waals surface area contributed by atoms with Gasteiger partial charge in [0.25, 0.3) is 11.7 Å². The van der Waals surface area contributed by atoms with Crippen LogP contribution < -0.4 is 10.6 Å². The van der Waals surface area contributed by atoms with Crippen molar-refractivity contribution in [2.24, 2.45) is 0 Å². The molecule has 4 rings (SSSR count). The molecule has 1 aliphatic carbocycles. The summed E-state index contributed by atoms with van der Waals surface area (Å²) in [6.07, 6.45) is 1.09. The standard InChI is InChI=1S/C20H17F2N3O3S/c21-18(22)29-15-8-4-3-7-14(15)23-16(26)11-25-17(27)20(24-19(25)28)10-9-12-5-1-2-6-13(12)20/h1-8,18H,9-11H2,(H,23,26)(H,24,28). The minimum atomic E-state index is -2.64. The number of rotatable bonds is 5. The van der Waals surface area contributed by atoms with Crippen LogP contribution in [0.4, 0.5) is 19.3 Å². The molecule has 2 aliphatic rings. The molecule has 1 fully saturated rings. The molecule has 6 nitrogen and oxygen atoms in total. The lowest BCUT2D eigenvalue weighted by Gasteiger charge is -2.22. The van der Waals surface area contributed by atoms with Crippen molar-refractivity contribution in [2.75, 3.05) is 11.9 Å². The zero-order valence-electron chi connectivity index (χ0n) is 15.2. The van der Waals surface area contributed by atoms with Crippen molar-refractivity contribution in [3.8, 4) is 0 Å². The summed E-state index contributed by atoms with van der Waals surface area (Å²) in [5, 5.41) is 5.26. The van der Waals surface area contributed by atoms with Crippen LogP contribution in [0.5, 0.6) is 0 Å². The van der Waals surface area contributed by atoms with Crippen molar-refractivity contribution in [3.63, 3.8) is 0 Å². The Morgan fingerprint density at radius 1 is 1.17 bits per heavy atom. The number of thioether (sulfide) groups is 1. The number of amides is 4. The smallest absolute Gasteiger partial charge is 0.324 e. The number of nitrogens with one attached hydrogen (secondary N) is 2. The van der Waals surface area contributed by atoms with E-state index in [-0.39, 0.29) is 10.6 Å². The molecule has 150 valence electrons. The average molecular weight is 417 g/mol. The third-order valence-corrected chi connectivity index (χ3v) is 5.89. The highest BCUT2D eigenvalue weighted by Gasteiger charge is 2.55. The van der Waals surface area contributed by atoms with E-state index in [0.717, 1.165) is 16.0 Å². The van der Waals surface area contributed by atoms with Crippen LogP contribution in [0.15, 0.2) is 53.4 Å². The van der Waals surface area contributed by atoms with Crippen molar-refractivity contribution < 1.29 is 23.2 Å². The SMILES string of the molecule is O=C(CN1C(=O)NC2(CCc3ccccc32)C1=O)Nc1ccccc1SC(F)F. The molecule has 1 unspecified atom stereocenters. The van der Waals surface area contributed by atoms with Crippen molar-refractivity contribution in [3.05, 3.63) is 59.7 Å². The topological polar surface area (TPSA) is 78.5 Å². The molecule has 2 N–H and O–H groups in total. The van der Waals surface area contributed by atoms with Crippen LogP contribution >= 0.6 is 11.8 Å². The van der Waals surface area contributed by atoms with Gasteiger partial charge in [0, 0.05) is 4.90 Å². The molecular formula is C20H17F2N3O3S. The number of carbonyl (C=O) groups excluding carboxylic acids is 3. The monoisotopic (exact) mass is 417 g/mol. The summed E-state index contributed by atoms with van der Waals surface area (Å²) in [6.45, 7) is -0.498. The Labute approximate surface area is 169 Å². The second kappa shape index (κ2) is 7.47. The Hall–Kier alpha value is -2.94.